The van der Waals surface area contributed by atoms with Crippen molar-refractivity contribution >= 4 is 18.0 Å². The molecule has 0 aliphatic heterocycles. The summed E-state index contributed by atoms with van der Waals surface area (Å²) in [5.41, 5.74) is 4.03. The molecule has 0 unspecified atom stereocenters. The molecule has 0 aromatic heterocycles. The highest BCUT2D eigenvalue weighted by molar-refractivity contribution is 5.83. The topological polar surface area (TPSA) is 105 Å². The first-order chi connectivity index (χ1) is 17.0. The Balaban J connectivity index is 1.23. The maximum Gasteiger partial charge on any atom is 0.407 e. The Morgan fingerprint density at radius 3 is 2.17 bits per heavy atom. The molecule has 2 aromatic carbocycles. The summed E-state index contributed by atoms with van der Waals surface area (Å²) in [5, 5.41) is 15.1. The van der Waals surface area contributed by atoms with Crippen LogP contribution in [0.2, 0.25) is 0 Å². The van der Waals surface area contributed by atoms with E-state index >= 15 is 0 Å². The summed E-state index contributed by atoms with van der Waals surface area (Å²) in [4.78, 5) is 37.2. The number of amides is 2. The molecule has 5 rings (SSSR count). The molecule has 2 fully saturated rings. The monoisotopic (exact) mass is 476 g/mol. The highest BCUT2D eigenvalue weighted by Gasteiger charge is 2.47. The summed E-state index contributed by atoms with van der Waals surface area (Å²) >= 11 is 0. The number of hydrogen-bond acceptors (Lipinski definition) is 4. The normalized spacial score (nSPS) is 22.3. The average Bonchev–Trinajstić information content (AvgIpc) is 3.56. The van der Waals surface area contributed by atoms with Crippen LogP contribution in [-0.4, -0.2) is 41.3 Å². The summed E-state index contributed by atoms with van der Waals surface area (Å²) in [6, 6.07) is 16.1. The van der Waals surface area contributed by atoms with E-state index in [1.807, 2.05) is 24.3 Å². The molecule has 0 bridgehead atoms. The molecule has 184 valence electrons. The molecular weight excluding hydrogens is 444 g/mol. The Hall–Kier alpha value is -3.35. The summed E-state index contributed by atoms with van der Waals surface area (Å²) in [6.45, 7) is 0.227. The predicted octanol–water partition coefficient (Wildman–Crippen LogP) is 4.60. The molecule has 3 aliphatic carbocycles. The summed E-state index contributed by atoms with van der Waals surface area (Å²) < 4.78 is 5.72. The molecule has 0 heterocycles. The van der Waals surface area contributed by atoms with Gasteiger partial charge in [0.15, 0.2) is 0 Å². The molecule has 2 aromatic rings. The minimum absolute atomic E-state index is 0.0212. The fourth-order valence-electron chi connectivity index (χ4n) is 5.73. The molecule has 0 saturated heterocycles. The number of rotatable bonds is 7. The highest BCUT2D eigenvalue weighted by Crippen LogP contribution is 2.44. The van der Waals surface area contributed by atoms with E-state index in [-0.39, 0.29) is 36.8 Å². The smallest absolute Gasteiger partial charge is 0.407 e. The van der Waals surface area contributed by atoms with Gasteiger partial charge in [0, 0.05) is 12.0 Å². The maximum absolute atomic E-state index is 13.1. The summed E-state index contributed by atoms with van der Waals surface area (Å²) in [5.74, 6) is -1.47. The molecular formula is C28H32N2O5. The zero-order valence-corrected chi connectivity index (χ0v) is 19.8. The number of carboxylic acids is 1. The Morgan fingerprint density at radius 1 is 0.914 bits per heavy atom. The highest BCUT2D eigenvalue weighted by atomic mass is 16.5. The zero-order chi connectivity index (χ0) is 24.4. The summed E-state index contributed by atoms with van der Waals surface area (Å²) in [6.07, 6.45) is 5.01. The van der Waals surface area contributed by atoms with E-state index in [1.54, 1.807) is 0 Å². The second-order valence-corrected chi connectivity index (χ2v) is 10.2. The fourth-order valence-corrected chi connectivity index (χ4v) is 5.73. The van der Waals surface area contributed by atoms with Crippen LogP contribution in [0.3, 0.4) is 0 Å². The van der Waals surface area contributed by atoms with Crippen molar-refractivity contribution in [1.29, 1.82) is 0 Å². The van der Waals surface area contributed by atoms with E-state index in [1.165, 1.54) is 11.1 Å². The molecule has 0 spiro atoms. The largest absolute Gasteiger partial charge is 0.481 e. The van der Waals surface area contributed by atoms with Gasteiger partial charge < -0.3 is 20.5 Å². The standard InChI is InChI=1S/C28H32N2O5/c31-25(32)16-28(14-15-28)30-26(33)22-12-2-1-3-13-24(22)29-27(34)35-17-23-20-10-6-4-8-18(20)19-9-5-7-11-21(19)23/h4-11,22-24H,1-3,12-17H2,(H,29,34)(H,30,33)(H,31,32)/t22-,24+/m1/s1. The molecule has 3 N–H and O–H groups in total. The predicted molar refractivity (Wildman–Crippen MR) is 131 cm³/mol. The Bertz CT molecular complexity index is 1080. The van der Waals surface area contributed by atoms with Gasteiger partial charge in [-0.15, -0.1) is 0 Å². The molecule has 2 atom stereocenters. The number of fused-ring (bicyclic) bond motifs is 3. The van der Waals surface area contributed by atoms with Crippen LogP contribution in [-0.2, 0) is 14.3 Å². The van der Waals surface area contributed by atoms with Crippen LogP contribution in [0.5, 0.6) is 0 Å². The first kappa shape index (κ1) is 23.4. The van der Waals surface area contributed by atoms with E-state index in [0.29, 0.717) is 25.7 Å². The SMILES string of the molecule is O=C(O)CC1(NC(=O)[C@@H]2CCCCC[C@@H]2NC(=O)OCC2c3ccccc3-c3ccccc32)CC1. The van der Waals surface area contributed by atoms with Crippen LogP contribution in [0.15, 0.2) is 48.5 Å². The average molecular weight is 477 g/mol. The molecule has 7 heteroatoms. The summed E-state index contributed by atoms with van der Waals surface area (Å²) in [7, 11) is 0. The lowest BCUT2D eigenvalue weighted by Crippen LogP contribution is -2.50. The number of hydrogen-bond donors (Lipinski definition) is 3. The van der Waals surface area contributed by atoms with Crippen molar-refractivity contribution in [2.24, 2.45) is 5.92 Å². The number of aliphatic carboxylic acids is 1. The van der Waals surface area contributed by atoms with E-state index in [0.717, 1.165) is 30.4 Å². The van der Waals surface area contributed by atoms with Gasteiger partial charge in [-0.05, 0) is 47.9 Å². The van der Waals surface area contributed by atoms with E-state index in [9.17, 15) is 19.5 Å². The van der Waals surface area contributed by atoms with Crippen LogP contribution in [0, 0.1) is 5.92 Å². The third-order valence-corrected chi connectivity index (χ3v) is 7.73. The van der Waals surface area contributed by atoms with Crippen molar-refractivity contribution in [3.8, 4) is 11.1 Å². The van der Waals surface area contributed by atoms with E-state index in [4.69, 9.17) is 4.74 Å². The number of nitrogens with one attached hydrogen (secondary N) is 2. The third-order valence-electron chi connectivity index (χ3n) is 7.73. The second-order valence-electron chi connectivity index (χ2n) is 10.2. The van der Waals surface area contributed by atoms with Gasteiger partial charge >= 0.3 is 12.1 Å². The minimum Gasteiger partial charge on any atom is -0.481 e. The number of carboxylic acid groups (broad SMARTS) is 1. The third kappa shape index (κ3) is 5.04. The Kier molecular flexibility index (Phi) is 6.50. The minimum atomic E-state index is -0.906. The second kappa shape index (κ2) is 9.72. The molecule has 0 radical (unpaired) electrons. The first-order valence-electron chi connectivity index (χ1n) is 12.6. The Morgan fingerprint density at radius 2 is 1.54 bits per heavy atom. The number of carbonyl (C=O) groups excluding carboxylic acids is 2. The van der Waals surface area contributed by atoms with Gasteiger partial charge in [0.05, 0.1) is 17.9 Å². The van der Waals surface area contributed by atoms with Gasteiger partial charge in [-0.3, -0.25) is 9.59 Å². The van der Waals surface area contributed by atoms with Gasteiger partial charge in [0.2, 0.25) is 5.91 Å². The van der Waals surface area contributed by atoms with Crippen LogP contribution < -0.4 is 10.6 Å². The van der Waals surface area contributed by atoms with Gasteiger partial charge in [0.1, 0.15) is 6.61 Å². The van der Waals surface area contributed by atoms with Crippen molar-refractivity contribution in [3.63, 3.8) is 0 Å². The number of carbonyl (C=O) groups is 3. The number of benzene rings is 2. The fraction of sp³-hybridized carbons (Fsp3) is 0.464. The number of ether oxygens (including phenoxy) is 1. The van der Waals surface area contributed by atoms with Crippen molar-refractivity contribution in [3.05, 3.63) is 59.7 Å². The van der Waals surface area contributed by atoms with Crippen molar-refractivity contribution in [2.75, 3.05) is 6.61 Å². The molecule has 7 nitrogen and oxygen atoms in total. The lowest BCUT2D eigenvalue weighted by atomic mass is 9.93. The first-order valence-corrected chi connectivity index (χ1v) is 12.6. The van der Waals surface area contributed by atoms with Crippen molar-refractivity contribution in [1.82, 2.24) is 10.6 Å². The van der Waals surface area contributed by atoms with Gasteiger partial charge in [-0.2, -0.15) is 0 Å². The zero-order valence-electron chi connectivity index (χ0n) is 19.8. The molecule has 2 amide bonds. The lowest BCUT2D eigenvalue weighted by molar-refractivity contribution is -0.138. The van der Waals surface area contributed by atoms with Gasteiger partial charge in [0.25, 0.3) is 0 Å². The maximum atomic E-state index is 13.1. The quantitative estimate of drug-likeness (QED) is 0.507. The van der Waals surface area contributed by atoms with Crippen LogP contribution >= 0.6 is 0 Å². The van der Waals surface area contributed by atoms with Crippen molar-refractivity contribution < 1.29 is 24.2 Å². The van der Waals surface area contributed by atoms with Crippen molar-refractivity contribution in [2.45, 2.75) is 68.9 Å². The number of alkyl carbamates (subject to hydrolysis) is 1. The van der Waals surface area contributed by atoms with Crippen LogP contribution in [0.25, 0.3) is 11.1 Å². The Labute approximate surface area is 205 Å². The molecule has 2 saturated carbocycles. The lowest BCUT2D eigenvalue weighted by Gasteiger charge is -2.27. The van der Waals surface area contributed by atoms with E-state index in [2.05, 4.69) is 34.9 Å². The van der Waals surface area contributed by atoms with Crippen LogP contribution in [0.1, 0.15) is 68.4 Å². The van der Waals surface area contributed by atoms with Gasteiger partial charge in [-0.1, -0.05) is 67.8 Å². The molecule has 35 heavy (non-hydrogen) atoms. The van der Waals surface area contributed by atoms with E-state index < -0.39 is 17.6 Å². The molecule has 3 aliphatic rings. The van der Waals surface area contributed by atoms with Crippen LogP contribution in [0.4, 0.5) is 4.79 Å². The van der Waals surface area contributed by atoms with Gasteiger partial charge in [-0.25, -0.2) is 4.79 Å².